The topological polar surface area (TPSA) is 51.2 Å². The zero-order valence-electron chi connectivity index (χ0n) is 10.6. The fourth-order valence-corrected chi connectivity index (χ4v) is 3.20. The Morgan fingerprint density at radius 2 is 2.26 bits per heavy atom. The first-order chi connectivity index (χ1) is 9.06. The maximum Gasteiger partial charge on any atom is 0.261 e. The number of aromatic nitrogens is 1. The summed E-state index contributed by atoms with van der Waals surface area (Å²) < 4.78 is 5.04. The van der Waals surface area contributed by atoms with Crippen LogP contribution >= 0.6 is 22.9 Å². The van der Waals surface area contributed by atoms with Crippen molar-refractivity contribution in [3.05, 3.63) is 27.2 Å². The van der Waals surface area contributed by atoms with Crippen LogP contribution in [0.1, 0.15) is 20.9 Å². The maximum atomic E-state index is 12.1. The van der Waals surface area contributed by atoms with Crippen LogP contribution in [-0.4, -0.2) is 30.1 Å². The van der Waals surface area contributed by atoms with Crippen molar-refractivity contribution in [2.24, 2.45) is 0 Å². The summed E-state index contributed by atoms with van der Waals surface area (Å²) >= 11 is 7.58. The number of halogens is 1. The van der Waals surface area contributed by atoms with E-state index < -0.39 is 0 Å². The highest BCUT2D eigenvalue weighted by Crippen LogP contribution is 2.32. The molecular formula is C13H13ClN2O2S. The summed E-state index contributed by atoms with van der Waals surface area (Å²) in [5.41, 5.74) is 1.78. The Kier molecular flexibility index (Phi) is 3.20. The summed E-state index contributed by atoms with van der Waals surface area (Å²) in [6.07, 6.45) is 0. The van der Waals surface area contributed by atoms with Gasteiger partial charge in [-0.2, -0.15) is 0 Å². The number of aryl methyl sites for hydroxylation is 2. The van der Waals surface area contributed by atoms with Gasteiger partial charge in [-0.15, -0.1) is 11.3 Å². The molecule has 0 bridgehead atoms. The van der Waals surface area contributed by atoms with Crippen LogP contribution < -0.4 is 5.32 Å². The standard InChI is InChI=1S/C13H13ClN2O2S/c1-6-9-3-10(12(17)16-8-4-18-5-8)19-13(9)15-7(2)11(6)14/h3,8H,4-5H2,1-2H3,(H,16,17). The van der Waals surface area contributed by atoms with Crippen molar-refractivity contribution in [2.45, 2.75) is 19.9 Å². The summed E-state index contributed by atoms with van der Waals surface area (Å²) in [5, 5.41) is 4.55. The molecule has 0 spiro atoms. The van der Waals surface area contributed by atoms with E-state index in [-0.39, 0.29) is 11.9 Å². The summed E-state index contributed by atoms with van der Waals surface area (Å²) in [6.45, 7) is 5.02. The number of carbonyl (C=O) groups is 1. The minimum absolute atomic E-state index is 0.0653. The lowest BCUT2D eigenvalue weighted by Crippen LogP contribution is -2.48. The lowest BCUT2D eigenvalue weighted by atomic mass is 10.1. The average molecular weight is 297 g/mol. The molecule has 2 aromatic rings. The van der Waals surface area contributed by atoms with Crippen molar-refractivity contribution in [2.75, 3.05) is 13.2 Å². The lowest BCUT2D eigenvalue weighted by Gasteiger charge is -2.26. The number of thiophene rings is 1. The SMILES string of the molecule is Cc1nc2sc(C(=O)NC3COC3)cc2c(C)c1Cl. The minimum atomic E-state index is -0.0653. The Labute approximate surface area is 119 Å². The molecule has 0 aromatic carbocycles. The number of nitrogens with one attached hydrogen (secondary N) is 1. The third kappa shape index (κ3) is 2.22. The Morgan fingerprint density at radius 1 is 1.53 bits per heavy atom. The van der Waals surface area contributed by atoms with Gasteiger partial charge < -0.3 is 10.1 Å². The van der Waals surface area contributed by atoms with Crippen LogP contribution in [0.5, 0.6) is 0 Å². The fourth-order valence-electron chi connectivity index (χ4n) is 2.01. The Hall–Kier alpha value is -1.17. The quantitative estimate of drug-likeness (QED) is 0.927. The number of amides is 1. The van der Waals surface area contributed by atoms with E-state index in [1.54, 1.807) is 0 Å². The van der Waals surface area contributed by atoms with Gasteiger partial charge in [0.05, 0.1) is 34.8 Å². The number of pyridine rings is 1. The van der Waals surface area contributed by atoms with Gasteiger partial charge >= 0.3 is 0 Å². The number of fused-ring (bicyclic) bond motifs is 1. The highest BCUT2D eigenvalue weighted by atomic mass is 35.5. The summed E-state index contributed by atoms with van der Waals surface area (Å²) in [5.74, 6) is -0.0653. The molecule has 0 saturated carbocycles. The lowest BCUT2D eigenvalue weighted by molar-refractivity contribution is -0.00338. The summed E-state index contributed by atoms with van der Waals surface area (Å²) in [7, 11) is 0. The van der Waals surface area contributed by atoms with Crippen molar-refractivity contribution in [1.82, 2.24) is 10.3 Å². The van der Waals surface area contributed by atoms with Crippen LogP contribution in [0, 0.1) is 13.8 Å². The monoisotopic (exact) mass is 296 g/mol. The average Bonchev–Trinajstić information content (AvgIpc) is 2.74. The molecule has 2 aromatic heterocycles. The van der Waals surface area contributed by atoms with Crippen molar-refractivity contribution < 1.29 is 9.53 Å². The normalized spacial score (nSPS) is 15.5. The molecule has 3 rings (SSSR count). The molecule has 4 nitrogen and oxygen atoms in total. The Morgan fingerprint density at radius 3 is 2.89 bits per heavy atom. The summed E-state index contributed by atoms with van der Waals surface area (Å²) in [6, 6.07) is 2.00. The molecule has 0 radical (unpaired) electrons. The van der Waals surface area contributed by atoms with Crippen LogP contribution in [0.4, 0.5) is 0 Å². The summed E-state index contributed by atoms with van der Waals surface area (Å²) in [4.78, 5) is 18.0. The van der Waals surface area contributed by atoms with Crippen LogP contribution in [0.25, 0.3) is 10.2 Å². The van der Waals surface area contributed by atoms with E-state index in [4.69, 9.17) is 16.3 Å². The van der Waals surface area contributed by atoms with Crippen molar-refractivity contribution in [3.63, 3.8) is 0 Å². The molecule has 3 heterocycles. The third-order valence-corrected chi connectivity index (χ3v) is 4.81. The molecule has 1 fully saturated rings. The highest BCUT2D eigenvalue weighted by Gasteiger charge is 2.22. The van der Waals surface area contributed by atoms with Crippen molar-refractivity contribution >= 4 is 39.1 Å². The first-order valence-electron chi connectivity index (χ1n) is 6.01. The molecule has 19 heavy (non-hydrogen) atoms. The van der Waals surface area contributed by atoms with E-state index >= 15 is 0 Å². The van der Waals surface area contributed by atoms with Gasteiger partial charge in [0.15, 0.2) is 0 Å². The van der Waals surface area contributed by atoms with E-state index in [2.05, 4.69) is 10.3 Å². The predicted octanol–water partition coefficient (Wildman–Crippen LogP) is 2.70. The van der Waals surface area contributed by atoms with E-state index in [9.17, 15) is 4.79 Å². The number of carbonyl (C=O) groups excluding carboxylic acids is 1. The highest BCUT2D eigenvalue weighted by molar-refractivity contribution is 7.20. The first-order valence-corrected chi connectivity index (χ1v) is 7.20. The third-order valence-electron chi connectivity index (χ3n) is 3.23. The van der Waals surface area contributed by atoms with Crippen LogP contribution in [0.2, 0.25) is 5.02 Å². The fraction of sp³-hybridized carbons (Fsp3) is 0.385. The van der Waals surface area contributed by atoms with Gasteiger partial charge in [-0.3, -0.25) is 4.79 Å². The molecule has 0 atom stereocenters. The number of nitrogens with zero attached hydrogens (tertiary/aromatic N) is 1. The van der Waals surface area contributed by atoms with Gasteiger partial charge in [0, 0.05) is 5.39 Å². The van der Waals surface area contributed by atoms with Crippen molar-refractivity contribution in [1.29, 1.82) is 0 Å². The largest absolute Gasteiger partial charge is 0.377 e. The molecule has 1 saturated heterocycles. The van der Waals surface area contributed by atoms with Gasteiger partial charge in [-0.25, -0.2) is 4.98 Å². The van der Waals surface area contributed by atoms with Crippen LogP contribution in [0.15, 0.2) is 6.07 Å². The first kappa shape index (κ1) is 12.8. The second-order valence-electron chi connectivity index (χ2n) is 4.67. The number of ether oxygens (including phenoxy) is 1. The molecular weight excluding hydrogens is 284 g/mol. The van der Waals surface area contributed by atoms with Crippen LogP contribution in [-0.2, 0) is 4.74 Å². The Balaban J connectivity index is 1.96. The van der Waals surface area contributed by atoms with E-state index in [1.165, 1.54) is 11.3 Å². The van der Waals surface area contributed by atoms with Gasteiger partial charge in [0.25, 0.3) is 5.91 Å². The van der Waals surface area contributed by atoms with E-state index in [0.717, 1.165) is 21.5 Å². The molecule has 1 N–H and O–H groups in total. The van der Waals surface area contributed by atoms with Crippen LogP contribution in [0.3, 0.4) is 0 Å². The van der Waals surface area contributed by atoms with Gasteiger partial charge in [-0.05, 0) is 25.5 Å². The molecule has 100 valence electrons. The second kappa shape index (κ2) is 4.74. The van der Waals surface area contributed by atoms with Gasteiger partial charge in [0.2, 0.25) is 0 Å². The van der Waals surface area contributed by atoms with E-state index in [1.807, 2.05) is 19.9 Å². The number of hydrogen-bond donors (Lipinski definition) is 1. The van der Waals surface area contributed by atoms with Gasteiger partial charge in [-0.1, -0.05) is 11.6 Å². The predicted molar refractivity (Wildman–Crippen MR) is 76.2 cm³/mol. The molecule has 0 aliphatic carbocycles. The molecule has 1 aliphatic rings. The molecule has 1 aliphatic heterocycles. The number of hydrogen-bond acceptors (Lipinski definition) is 4. The zero-order valence-corrected chi connectivity index (χ0v) is 12.2. The minimum Gasteiger partial charge on any atom is -0.377 e. The number of rotatable bonds is 2. The van der Waals surface area contributed by atoms with Gasteiger partial charge in [0.1, 0.15) is 4.83 Å². The second-order valence-corrected chi connectivity index (χ2v) is 6.08. The molecule has 6 heteroatoms. The molecule has 0 unspecified atom stereocenters. The molecule has 1 amide bonds. The zero-order chi connectivity index (χ0) is 13.6. The van der Waals surface area contributed by atoms with Crippen molar-refractivity contribution in [3.8, 4) is 0 Å². The Bertz CT molecular complexity index is 664. The maximum absolute atomic E-state index is 12.1. The smallest absolute Gasteiger partial charge is 0.261 e. The van der Waals surface area contributed by atoms with E-state index in [0.29, 0.717) is 23.1 Å².